The average Bonchev–Trinajstić information content (AvgIpc) is 3.57. The van der Waals surface area contributed by atoms with Crippen molar-refractivity contribution in [3.05, 3.63) is 71.0 Å². The predicted octanol–water partition coefficient (Wildman–Crippen LogP) is 3.67. The van der Waals surface area contributed by atoms with E-state index in [0.29, 0.717) is 34.3 Å². The van der Waals surface area contributed by atoms with Gasteiger partial charge in [0, 0.05) is 29.8 Å². The molecule has 6 rings (SSSR count). The molecule has 0 unspecified atom stereocenters. The van der Waals surface area contributed by atoms with Gasteiger partial charge in [0.2, 0.25) is 12.5 Å². The Hall–Kier alpha value is -4.47. The van der Waals surface area contributed by atoms with E-state index >= 15 is 0 Å². The molecule has 1 aromatic heterocycles. The summed E-state index contributed by atoms with van der Waals surface area (Å²) in [5.74, 6) is 0.000611. The maximum Gasteiger partial charge on any atom is 0.338 e. The summed E-state index contributed by atoms with van der Waals surface area (Å²) in [5.41, 5.74) is 2.59. The molecular formula is C28H25NO9. The molecule has 0 spiro atoms. The number of aromatic nitrogens is 1. The SMILES string of the molecule is COc1cc([C@H]2c3cc4c(cc3[C@H](OC(=O)c3ccncc3)[C@H]3COC(=O)[C@H]23)OCO4)cc(OC)c1OC. The van der Waals surface area contributed by atoms with E-state index in [1.54, 1.807) is 12.1 Å². The zero-order valence-corrected chi connectivity index (χ0v) is 21.0. The van der Waals surface area contributed by atoms with Crippen molar-refractivity contribution in [2.24, 2.45) is 11.8 Å². The van der Waals surface area contributed by atoms with Crippen LogP contribution in [0.4, 0.5) is 0 Å². The van der Waals surface area contributed by atoms with E-state index in [4.69, 9.17) is 33.2 Å². The third-order valence-electron chi connectivity index (χ3n) is 7.32. The number of esters is 2. The highest BCUT2D eigenvalue weighted by atomic mass is 16.7. The third kappa shape index (κ3) is 3.75. The van der Waals surface area contributed by atoms with Gasteiger partial charge in [-0.2, -0.15) is 0 Å². The summed E-state index contributed by atoms with van der Waals surface area (Å²) in [6.45, 7) is 0.177. The van der Waals surface area contributed by atoms with Gasteiger partial charge in [-0.05, 0) is 47.5 Å². The van der Waals surface area contributed by atoms with Gasteiger partial charge in [-0.1, -0.05) is 0 Å². The Morgan fingerprint density at radius 1 is 0.895 bits per heavy atom. The first kappa shape index (κ1) is 23.9. The average molecular weight is 520 g/mol. The number of hydrogen-bond donors (Lipinski definition) is 0. The fourth-order valence-corrected chi connectivity index (χ4v) is 5.62. The van der Waals surface area contributed by atoms with Crippen LogP contribution in [0, 0.1) is 11.8 Å². The summed E-state index contributed by atoms with van der Waals surface area (Å²) in [6, 6.07) is 10.5. The number of cyclic esters (lactones) is 1. The lowest BCUT2D eigenvalue weighted by molar-refractivity contribution is -0.141. The lowest BCUT2D eigenvalue weighted by Gasteiger charge is -2.38. The van der Waals surface area contributed by atoms with E-state index in [2.05, 4.69) is 4.98 Å². The van der Waals surface area contributed by atoms with E-state index in [1.807, 2.05) is 24.3 Å². The normalized spacial score (nSPS) is 22.7. The van der Waals surface area contributed by atoms with Crippen molar-refractivity contribution >= 4 is 11.9 Å². The Kier molecular flexibility index (Phi) is 5.94. The molecule has 10 nitrogen and oxygen atoms in total. The smallest absolute Gasteiger partial charge is 0.338 e. The molecular weight excluding hydrogens is 494 g/mol. The van der Waals surface area contributed by atoms with Gasteiger partial charge in [-0.15, -0.1) is 0 Å². The summed E-state index contributed by atoms with van der Waals surface area (Å²) in [6.07, 6.45) is 2.29. The van der Waals surface area contributed by atoms with Crippen molar-refractivity contribution in [3.8, 4) is 28.7 Å². The first-order chi connectivity index (χ1) is 18.5. The highest BCUT2D eigenvalue weighted by Crippen LogP contribution is 2.56. The van der Waals surface area contributed by atoms with Gasteiger partial charge >= 0.3 is 11.9 Å². The van der Waals surface area contributed by atoms with Gasteiger partial charge in [0.25, 0.3) is 0 Å². The molecule has 0 saturated carbocycles. The summed E-state index contributed by atoms with van der Waals surface area (Å²) in [7, 11) is 4.60. The Morgan fingerprint density at radius 2 is 1.55 bits per heavy atom. The third-order valence-corrected chi connectivity index (χ3v) is 7.32. The molecule has 3 heterocycles. The van der Waals surface area contributed by atoms with Crippen molar-refractivity contribution < 1.29 is 42.7 Å². The minimum Gasteiger partial charge on any atom is -0.493 e. The molecule has 38 heavy (non-hydrogen) atoms. The topological polar surface area (TPSA) is 112 Å². The molecule has 0 radical (unpaired) electrons. The number of rotatable bonds is 6. The molecule has 0 bridgehead atoms. The molecule has 1 aliphatic carbocycles. The van der Waals surface area contributed by atoms with Crippen LogP contribution in [0.5, 0.6) is 28.7 Å². The second-order valence-corrected chi connectivity index (χ2v) is 9.15. The highest BCUT2D eigenvalue weighted by molar-refractivity contribution is 5.89. The summed E-state index contributed by atoms with van der Waals surface area (Å²) >= 11 is 0. The number of fused-ring (bicyclic) bond motifs is 3. The molecule has 3 aromatic rings. The number of benzene rings is 2. The number of pyridine rings is 1. The van der Waals surface area contributed by atoms with Crippen LogP contribution in [0.15, 0.2) is 48.8 Å². The quantitative estimate of drug-likeness (QED) is 0.447. The maximum atomic E-state index is 13.3. The fourth-order valence-electron chi connectivity index (χ4n) is 5.62. The first-order valence-electron chi connectivity index (χ1n) is 12.0. The molecule has 4 atom stereocenters. The van der Waals surface area contributed by atoms with Gasteiger partial charge in [-0.3, -0.25) is 9.78 Å². The van der Waals surface area contributed by atoms with Crippen LogP contribution in [0.1, 0.15) is 39.1 Å². The van der Waals surface area contributed by atoms with E-state index in [9.17, 15) is 9.59 Å². The van der Waals surface area contributed by atoms with Crippen LogP contribution < -0.4 is 23.7 Å². The Bertz CT molecular complexity index is 1380. The highest BCUT2D eigenvalue weighted by Gasteiger charge is 2.54. The van der Waals surface area contributed by atoms with E-state index in [-0.39, 0.29) is 19.4 Å². The zero-order valence-electron chi connectivity index (χ0n) is 21.0. The fraction of sp³-hybridized carbons (Fsp3) is 0.321. The van der Waals surface area contributed by atoms with Crippen LogP contribution >= 0.6 is 0 Å². The van der Waals surface area contributed by atoms with Gasteiger partial charge in [-0.25, -0.2) is 4.79 Å². The summed E-state index contributed by atoms with van der Waals surface area (Å²) in [5, 5.41) is 0. The van der Waals surface area contributed by atoms with Gasteiger partial charge < -0.3 is 33.2 Å². The number of carbonyl (C=O) groups excluding carboxylic acids is 2. The zero-order chi connectivity index (χ0) is 26.4. The van der Waals surface area contributed by atoms with Crippen LogP contribution in [-0.2, 0) is 14.3 Å². The van der Waals surface area contributed by atoms with E-state index in [0.717, 1.165) is 16.7 Å². The number of nitrogens with zero attached hydrogens (tertiary/aromatic N) is 1. The molecule has 2 aliphatic heterocycles. The minimum absolute atomic E-state index is 0.0729. The number of carbonyl (C=O) groups is 2. The molecule has 2 aromatic carbocycles. The maximum absolute atomic E-state index is 13.3. The van der Waals surface area contributed by atoms with E-state index in [1.165, 1.54) is 33.7 Å². The second kappa shape index (κ2) is 9.44. The molecule has 3 aliphatic rings. The molecule has 1 saturated heterocycles. The molecule has 1 fully saturated rings. The molecule has 10 heteroatoms. The molecule has 0 N–H and O–H groups in total. The number of hydrogen-bond acceptors (Lipinski definition) is 10. The van der Waals surface area contributed by atoms with Crippen molar-refractivity contribution in [3.63, 3.8) is 0 Å². The molecule has 0 amide bonds. The Morgan fingerprint density at radius 3 is 2.18 bits per heavy atom. The van der Waals surface area contributed by atoms with Crippen molar-refractivity contribution in [2.75, 3.05) is 34.7 Å². The van der Waals surface area contributed by atoms with Crippen molar-refractivity contribution in [1.29, 1.82) is 0 Å². The van der Waals surface area contributed by atoms with Crippen LogP contribution in [0.3, 0.4) is 0 Å². The standard InChI is InChI=1S/C28H25NO9/c1-32-21-8-15(9-22(33-2)26(21)34-3)23-16-10-19-20(37-13-36-19)11-17(16)25(18-12-35-28(31)24(18)23)38-27(30)14-4-6-29-7-5-14/h4-11,18,23-25H,12-13H2,1-3H3/t18-,23-,24-,25-/m0/s1. The van der Waals surface area contributed by atoms with Crippen molar-refractivity contribution in [2.45, 2.75) is 12.0 Å². The second-order valence-electron chi connectivity index (χ2n) is 9.15. The summed E-state index contributed by atoms with van der Waals surface area (Å²) < 4.78 is 39.7. The van der Waals surface area contributed by atoms with Gasteiger partial charge in [0.1, 0.15) is 6.10 Å². The minimum atomic E-state index is -0.755. The molecule has 196 valence electrons. The van der Waals surface area contributed by atoms with Crippen LogP contribution in [-0.4, -0.2) is 51.7 Å². The summed E-state index contributed by atoms with van der Waals surface area (Å²) in [4.78, 5) is 30.4. The van der Waals surface area contributed by atoms with Gasteiger partial charge in [0.15, 0.2) is 23.0 Å². The van der Waals surface area contributed by atoms with Crippen LogP contribution in [0.2, 0.25) is 0 Å². The Balaban J connectivity index is 1.53. The number of ether oxygens (including phenoxy) is 7. The lowest BCUT2D eigenvalue weighted by Crippen LogP contribution is -2.36. The first-order valence-corrected chi connectivity index (χ1v) is 12.0. The largest absolute Gasteiger partial charge is 0.493 e. The van der Waals surface area contributed by atoms with Crippen LogP contribution in [0.25, 0.3) is 0 Å². The van der Waals surface area contributed by atoms with Crippen molar-refractivity contribution in [1.82, 2.24) is 4.98 Å². The van der Waals surface area contributed by atoms with E-state index < -0.39 is 29.8 Å². The Labute approximate surface area is 218 Å². The monoisotopic (exact) mass is 519 g/mol. The lowest BCUT2D eigenvalue weighted by atomic mass is 9.66. The predicted molar refractivity (Wildman–Crippen MR) is 131 cm³/mol. The van der Waals surface area contributed by atoms with Gasteiger partial charge in [0.05, 0.1) is 39.4 Å². The number of methoxy groups -OCH3 is 3.